The average Bonchev–Trinajstić information content (AvgIpc) is 2.88. The molecule has 1 N–H and O–H groups in total. The van der Waals surface area contributed by atoms with E-state index in [1.807, 2.05) is 126 Å². The van der Waals surface area contributed by atoms with Gasteiger partial charge < -0.3 is 5.11 Å². The first-order chi connectivity index (χ1) is 14.9. The van der Waals surface area contributed by atoms with Gasteiger partial charge in [-0.15, -0.1) is 0 Å². The molecule has 0 radical (unpaired) electrons. The van der Waals surface area contributed by atoms with Gasteiger partial charge in [-0.05, 0) is 48.5 Å². The molecule has 0 heterocycles. The first kappa shape index (κ1) is 29.0. The molecule has 5 nitrogen and oxygen atoms in total. The van der Waals surface area contributed by atoms with Gasteiger partial charge in [0, 0.05) is 7.11 Å². The van der Waals surface area contributed by atoms with Crippen LogP contribution in [0.5, 0.6) is 0 Å². The van der Waals surface area contributed by atoms with Gasteiger partial charge in [0.15, 0.2) is 0 Å². The smallest absolute Gasteiger partial charge is 0.0858 e. The van der Waals surface area contributed by atoms with E-state index in [0.29, 0.717) is 0 Å². The van der Waals surface area contributed by atoms with Crippen LogP contribution in [-0.4, -0.2) is 12.2 Å². The molecular formula is C25H36N4O. The SMILES string of the molecule is CC.CC.CC.CO.c1ccc(N=Nc2ccc(N=Nc3ccccc3)cc2)cc1. The Morgan fingerprint density at radius 1 is 0.367 bits per heavy atom. The topological polar surface area (TPSA) is 69.7 Å². The lowest BCUT2D eigenvalue weighted by atomic mass is 10.3. The molecule has 30 heavy (non-hydrogen) atoms. The molecule has 0 saturated carbocycles. The summed E-state index contributed by atoms with van der Waals surface area (Å²) in [5, 5.41) is 23.7. The monoisotopic (exact) mass is 408 g/mol. The van der Waals surface area contributed by atoms with Crippen molar-refractivity contribution in [3.8, 4) is 0 Å². The van der Waals surface area contributed by atoms with Crippen molar-refractivity contribution >= 4 is 22.7 Å². The molecule has 0 spiro atoms. The molecular weight excluding hydrogens is 372 g/mol. The molecule has 3 aromatic carbocycles. The van der Waals surface area contributed by atoms with Crippen LogP contribution in [0.1, 0.15) is 41.5 Å². The number of aliphatic hydroxyl groups excluding tert-OH is 1. The molecule has 0 aliphatic rings. The number of azo groups is 2. The summed E-state index contributed by atoms with van der Waals surface area (Å²) < 4.78 is 0. The van der Waals surface area contributed by atoms with Gasteiger partial charge >= 0.3 is 0 Å². The van der Waals surface area contributed by atoms with Gasteiger partial charge in [0.25, 0.3) is 0 Å². The molecule has 162 valence electrons. The van der Waals surface area contributed by atoms with Gasteiger partial charge in [-0.3, -0.25) is 0 Å². The van der Waals surface area contributed by atoms with E-state index in [0.717, 1.165) is 29.9 Å². The first-order valence-electron chi connectivity index (χ1n) is 10.4. The van der Waals surface area contributed by atoms with Crippen molar-refractivity contribution < 1.29 is 5.11 Å². The molecule has 0 aliphatic carbocycles. The molecule has 0 aromatic heterocycles. The fraction of sp³-hybridized carbons (Fsp3) is 0.280. The predicted octanol–water partition coefficient (Wildman–Crippen LogP) is 9.20. The van der Waals surface area contributed by atoms with Crippen molar-refractivity contribution in [3.05, 3.63) is 84.9 Å². The van der Waals surface area contributed by atoms with Crippen LogP contribution in [-0.2, 0) is 0 Å². The molecule has 0 fully saturated rings. The van der Waals surface area contributed by atoms with E-state index in [9.17, 15) is 0 Å². The van der Waals surface area contributed by atoms with Crippen LogP contribution < -0.4 is 0 Å². The molecule has 0 bridgehead atoms. The maximum absolute atomic E-state index is 7.00. The summed E-state index contributed by atoms with van der Waals surface area (Å²) in [6, 6.07) is 26.7. The number of hydrogen-bond acceptors (Lipinski definition) is 5. The molecule has 3 rings (SSSR count). The van der Waals surface area contributed by atoms with Crippen molar-refractivity contribution in [1.82, 2.24) is 0 Å². The zero-order valence-electron chi connectivity index (χ0n) is 19.3. The molecule has 0 amide bonds. The van der Waals surface area contributed by atoms with Crippen LogP contribution in [0.2, 0.25) is 0 Å². The summed E-state index contributed by atoms with van der Waals surface area (Å²) in [5.41, 5.74) is 3.22. The first-order valence-corrected chi connectivity index (χ1v) is 10.4. The largest absolute Gasteiger partial charge is 0.400 e. The maximum atomic E-state index is 7.00. The van der Waals surface area contributed by atoms with Gasteiger partial charge in [0.05, 0.1) is 22.7 Å². The highest BCUT2D eigenvalue weighted by Gasteiger charge is 1.93. The van der Waals surface area contributed by atoms with Crippen LogP contribution in [0.4, 0.5) is 22.7 Å². The standard InChI is InChI=1S/C18H14N4.3C2H6.CH4O/c1-3-7-15(8-4-1)19-21-17-11-13-18(14-12-17)22-20-16-9-5-2-6-10-16;4*1-2/h1-14H;3*1-2H3;2H,1H3. The Kier molecular flexibility index (Phi) is 21.4. The van der Waals surface area contributed by atoms with Crippen molar-refractivity contribution in [2.45, 2.75) is 41.5 Å². The van der Waals surface area contributed by atoms with Crippen LogP contribution in [0.15, 0.2) is 105 Å². The van der Waals surface area contributed by atoms with Crippen LogP contribution >= 0.6 is 0 Å². The number of hydrogen-bond donors (Lipinski definition) is 1. The summed E-state index contributed by atoms with van der Waals surface area (Å²) in [5.74, 6) is 0. The summed E-state index contributed by atoms with van der Waals surface area (Å²) in [4.78, 5) is 0. The van der Waals surface area contributed by atoms with E-state index in [4.69, 9.17) is 5.11 Å². The van der Waals surface area contributed by atoms with Crippen LogP contribution in [0, 0.1) is 0 Å². The van der Waals surface area contributed by atoms with E-state index < -0.39 is 0 Å². The lowest BCUT2D eigenvalue weighted by molar-refractivity contribution is 0.399. The maximum Gasteiger partial charge on any atom is 0.0858 e. The zero-order valence-corrected chi connectivity index (χ0v) is 19.3. The second kappa shape index (κ2) is 22.1. The average molecular weight is 409 g/mol. The highest BCUT2D eigenvalue weighted by molar-refractivity contribution is 5.48. The third-order valence-electron chi connectivity index (χ3n) is 2.92. The van der Waals surface area contributed by atoms with E-state index in [-0.39, 0.29) is 0 Å². The number of rotatable bonds is 4. The minimum atomic E-state index is 0.780. The minimum absolute atomic E-state index is 0.780. The van der Waals surface area contributed by atoms with E-state index in [1.54, 1.807) is 0 Å². The highest BCUT2D eigenvalue weighted by Crippen LogP contribution is 2.23. The Morgan fingerprint density at radius 3 is 0.800 bits per heavy atom. The van der Waals surface area contributed by atoms with Crippen molar-refractivity contribution in [1.29, 1.82) is 0 Å². The second-order valence-electron chi connectivity index (χ2n) is 4.59. The van der Waals surface area contributed by atoms with Crippen molar-refractivity contribution in [3.63, 3.8) is 0 Å². The van der Waals surface area contributed by atoms with Gasteiger partial charge in [0.1, 0.15) is 0 Å². The summed E-state index contributed by atoms with van der Waals surface area (Å²) in [6.45, 7) is 12.0. The van der Waals surface area contributed by atoms with Crippen molar-refractivity contribution in [2.75, 3.05) is 7.11 Å². The summed E-state index contributed by atoms with van der Waals surface area (Å²) >= 11 is 0. The Hall–Kier alpha value is -3.18. The normalized spacial score (nSPS) is 9.07. The number of nitrogens with zero attached hydrogens (tertiary/aromatic N) is 4. The highest BCUT2D eigenvalue weighted by atomic mass is 16.2. The minimum Gasteiger partial charge on any atom is -0.400 e. The Balaban J connectivity index is 0. The quantitative estimate of drug-likeness (QED) is 0.429. The van der Waals surface area contributed by atoms with Crippen molar-refractivity contribution in [2.24, 2.45) is 20.5 Å². The molecule has 5 heteroatoms. The van der Waals surface area contributed by atoms with E-state index in [2.05, 4.69) is 20.5 Å². The second-order valence-corrected chi connectivity index (χ2v) is 4.59. The third kappa shape index (κ3) is 13.1. The molecule has 3 aromatic rings. The van der Waals surface area contributed by atoms with Gasteiger partial charge in [-0.1, -0.05) is 77.9 Å². The van der Waals surface area contributed by atoms with E-state index >= 15 is 0 Å². The predicted molar refractivity (Wildman–Crippen MR) is 130 cm³/mol. The number of aliphatic hydroxyl groups is 1. The van der Waals surface area contributed by atoms with E-state index in [1.165, 1.54) is 0 Å². The van der Waals surface area contributed by atoms with Gasteiger partial charge in [-0.2, -0.15) is 20.5 Å². The lowest BCUT2D eigenvalue weighted by Gasteiger charge is -1.95. The van der Waals surface area contributed by atoms with Crippen LogP contribution in [0.25, 0.3) is 0 Å². The molecule has 0 atom stereocenters. The Morgan fingerprint density at radius 2 is 0.567 bits per heavy atom. The summed E-state index contributed by atoms with van der Waals surface area (Å²) in [7, 11) is 1.00. The molecule has 0 unspecified atom stereocenters. The Bertz CT molecular complexity index is 703. The Labute approximate surface area is 182 Å². The molecule has 0 saturated heterocycles. The zero-order chi connectivity index (χ0) is 23.0. The summed E-state index contributed by atoms with van der Waals surface area (Å²) in [6.07, 6.45) is 0. The molecule has 0 aliphatic heterocycles. The van der Waals surface area contributed by atoms with Crippen LogP contribution in [0.3, 0.4) is 0 Å². The number of benzene rings is 3. The fourth-order valence-electron chi connectivity index (χ4n) is 1.81. The van der Waals surface area contributed by atoms with Gasteiger partial charge in [-0.25, -0.2) is 0 Å². The third-order valence-corrected chi connectivity index (χ3v) is 2.92. The lowest BCUT2D eigenvalue weighted by Crippen LogP contribution is -1.66. The fourth-order valence-corrected chi connectivity index (χ4v) is 1.81. The van der Waals surface area contributed by atoms with Gasteiger partial charge in [0.2, 0.25) is 0 Å².